The number of carbonyl (C=O) groups excluding carboxylic acids is 1. The standard InChI is InChI=1S/C22H21NO2/c1-16(23-22(24)13-8-17-6-4-3-5-7-17)18-9-10-20-15-21(25-2)12-11-19(20)14-18/h3-16H,1-2H3,(H,23,24)/t16-/m0/s1. The van der Waals surface area contributed by atoms with Gasteiger partial charge in [0.15, 0.2) is 0 Å². The molecule has 25 heavy (non-hydrogen) atoms. The molecule has 3 rings (SSSR count). The van der Waals surface area contributed by atoms with E-state index in [1.54, 1.807) is 13.2 Å². The van der Waals surface area contributed by atoms with Gasteiger partial charge in [-0.1, -0.05) is 48.5 Å². The molecule has 0 bridgehead atoms. The quantitative estimate of drug-likeness (QED) is 0.686. The molecule has 0 unspecified atom stereocenters. The first-order valence-corrected chi connectivity index (χ1v) is 8.27. The van der Waals surface area contributed by atoms with Gasteiger partial charge in [0.2, 0.25) is 5.91 Å². The summed E-state index contributed by atoms with van der Waals surface area (Å²) in [5, 5.41) is 5.24. The number of rotatable bonds is 5. The van der Waals surface area contributed by atoms with Crippen molar-refractivity contribution in [3.8, 4) is 5.75 Å². The minimum atomic E-state index is -0.105. The van der Waals surface area contributed by atoms with Crippen LogP contribution in [0.15, 0.2) is 72.8 Å². The highest BCUT2D eigenvalue weighted by Gasteiger charge is 2.08. The van der Waals surface area contributed by atoms with Crippen LogP contribution in [-0.4, -0.2) is 13.0 Å². The van der Waals surface area contributed by atoms with Crippen LogP contribution in [-0.2, 0) is 4.79 Å². The molecule has 1 atom stereocenters. The molecular weight excluding hydrogens is 310 g/mol. The van der Waals surface area contributed by atoms with Crippen LogP contribution in [0, 0.1) is 0 Å². The largest absolute Gasteiger partial charge is 0.497 e. The molecule has 0 spiro atoms. The van der Waals surface area contributed by atoms with Crippen LogP contribution >= 0.6 is 0 Å². The molecular formula is C22H21NO2. The second kappa shape index (κ2) is 7.67. The van der Waals surface area contributed by atoms with E-state index < -0.39 is 0 Å². The van der Waals surface area contributed by atoms with E-state index in [1.165, 1.54) is 0 Å². The highest BCUT2D eigenvalue weighted by atomic mass is 16.5. The van der Waals surface area contributed by atoms with E-state index >= 15 is 0 Å². The van der Waals surface area contributed by atoms with Gasteiger partial charge in [-0.15, -0.1) is 0 Å². The number of hydrogen-bond acceptors (Lipinski definition) is 2. The zero-order valence-electron chi connectivity index (χ0n) is 14.4. The zero-order chi connectivity index (χ0) is 17.6. The fourth-order valence-corrected chi connectivity index (χ4v) is 2.72. The topological polar surface area (TPSA) is 38.3 Å². The SMILES string of the molecule is COc1ccc2cc([C@H](C)NC(=O)C=Cc3ccccc3)ccc2c1. The number of carbonyl (C=O) groups is 1. The van der Waals surface area contributed by atoms with Crippen LogP contribution in [0.1, 0.15) is 24.1 Å². The number of amides is 1. The van der Waals surface area contributed by atoms with E-state index in [1.807, 2.05) is 67.6 Å². The Hall–Kier alpha value is -3.07. The van der Waals surface area contributed by atoms with Crippen LogP contribution in [0.2, 0.25) is 0 Å². The fourth-order valence-electron chi connectivity index (χ4n) is 2.72. The average molecular weight is 331 g/mol. The Kier molecular flexibility index (Phi) is 5.14. The van der Waals surface area contributed by atoms with Crippen molar-refractivity contribution in [1.29, 1.82) is 0 Å². The van der Waals surface area contributed by atoms with Crippen molar-refractivity contribution in [2.45, 2.75) is 13.0 Å². The molecule has 1 amide bonds. The fraction of sp³-hybridized carbons (Fsp3) is 0.136. The van der Waals surface area contributed by atoms with Crippen molar-refractivity contribution in [3.63, 3.8) is 0 Å². The first kappa shape index (κ1) is 16.8. The van der Waals surface area contributed by atoms with Crippen molar-refractivity contribution in [2.75, 3.05) is 7.11 Å². The first-order chi connectivity index (χ1) is 12.2. The highest BCUT2D eigenvalue weighted by molar-refractivity contribution is 5.92. The minimum Gasteiger partial charge on any atom is -0.497 e. The lowest BCUT2D eigenvalue weighted by atomic mass is 10.0. The van der Waals surface area contributed by atoms with Gasteiger partial charge in [0.05, 0.1) is 13.2 Å². The van der Waals surface area contributed by atoms with Gasteiger partial charge in [0.1, 0.15) is 5.75 Å². The van der Waals surface area contributed by atoms with Gasteiger partial charge in [0, 0.05) is 6.08 Å². The van der Waals surface area contributed by atoms with Crippen molar-refractivity contribution in [2.24, 2.45) is 0 Å². The summed E-state index contributed by atoms with van der Waals surface area (Å²) >= 11 is 0. The summed E-state index contributed by atoms with van der Waals surface area (Å²) in [5.41, 5.74) is 2.07. The van der Waals surface area contributed by atoms with Gasteiger partial charge in [-0.25, -0.2) is 0 Å². The monoisotopic (exact) mass is 331 g/mol. The van der Waals surface area contributed by atoms with Crippen molar-refractivity contribution in [1.82, 2.24) is 5.32 Å². The van der Waals surface area contributed by atoms with Gasteiger partial charge in [-0.2, -0.15) is 0 Å². The van der Waals surface area contributed by atoms with Crippen molar-refractivity contribution < 1.29 is 9.53 Å². The molecule has 0 aromatic heterocycles. The van der Waals surface area contributed by atoms with Crippen LogP contribution in [0.5, 0.6) is 5.75 Å². The van der Waals surface area contributed by atoms with E-state index in [0.717, 1.165) is 27.6 Å². The maximum Gasteiger partial charge on any atom is 0.244 e. The van der Waals surface area contributed by atoms with Gasteiger partial charge < -0.3 is 10.1 Å². The number of ether oxygens (including phenoxy) is 1. The van der Waals surface area contributed by atoms with E-state index in [-0.39, 0.29) is 11.9 Å². The predicted molar refractivity (Wildman–Crippen MR) is 103 cm³/mol. The number of hydrogen-bond donors (Lipinski definition) is 1. The van der Waals surface area contributed by atoms with E-state index in [4.69, 9.17) is 4.74 Å². The molecule has 3 aromatic carbocycles. The third kappa shape index (κ3) is 4.27. The Morgan fingerprint density at radius 1 is 1.00 bits per heavy atom. The zero-order valence-corrected chi connectivity index (χ0v) is 14.4. The maximum absolute atomic E-state index is 12.1. The summed E-state index contributed by atoms with van der Waals surface area (Å²) < 4.78 is 5.25. The molecule has 0 aliphatic heterocycles. The highest BCUT2D eigenvalue weighted by Crippen LogP contribution is 2.24. The number of nitrogens with one attached hydrogen (secondary N) is 1. The molecule has 3 aromatic rings. The summed E-state index contributed by atoms with van der Waals surface area (Å²) in [5.74, 6) is 0.735. The average Bonchev–Trinajstić information content (AvgIpc) is 2.66. The second-order valence-corrected chi connectivity index (χ2v) is 5.95. The molecule has 0 aliphatic carbocycles. The van der Waals surface area contributed by atoms with Gasteiger partial charge in [0.25, 0.3) is 0 Å². The van der Waals surface area contributed by atoms with Gasteiger partial charge in [-0.05, 0) is 53.1 Å². The van der Waals surface area contributed by atoms with E-state index in [9.17, 15) is 4.79 Å². The second-order valence-electron chi connectivity index (χ2n) is 5.95. The van der Waals surface area contributed by atoms with Crippen molar-refractivity contribution >= 4 is 22.8 Å². The predicted octanol–water partition coefficient (Wildman–Crippen LogP) is 4.74. The summed E-state index contributed by atoms with van der Waals surface area (Å²) in [6.45, 7) is 1.99. The Labute approximate surface area is 147 Å². The lowest BCUT2D eigenvalue weighted by Crippen LogP contribution is -2.24. The molecule has 1 N–H and O–H groups in total. The molecule has 3 nitrogen and oxygen atoms in total. The van der Waals surface area contributed by atoms with Crippen LogP contribution in [0.4, 0.5) is 0 Å². The normalized spacial score (nSPS) is 12.2. The van der Waals surface area contributed by atoms with Gasteiger partial charge >= 0.3 is 0 Å². The number of fused-ring (bicyclic) bond motifs is 1. The summed E-state index contributed by atoms with van der Waals surface area (Å²) in [6, 6.07) is 21.9. The molecule has 0 aliphatic rings. The third-order valence-corrected chi connectivity index (χ3v) is 4.16. The maximum atomic E-state index is 12.1. The molecule has 0 saturated carbocycles. The molecule has 0 saturated heterocycles. The van der Waals surface area contributed by atoms with Crippen molar-refractivity contribution in [3.05, 3.63) is 83.9 Å². The minimum absolute atomic E-state index is 0.0700. The third-order valence-electron chi connectivity index (χ3n) is 4.16. The number of benzene rings is 3. The first-order valence-electron chi connectivity index (χ1n) is 8.27. The Bertz CT molecular complexity index is 900. The van der Waals surface area contributed by atoms with Crippen LogP contribution in [0.3, 0.4) is 0 Å². The summed E-state index contributed by atoms with van der Waals surface area (Å²) in [7, 11) is 1.66. The lowest BCUT2D eigenvalue weighted by molar-refractivity contribution is -0.117. The van der Waals surface area contributed by atoms with E-state index in [2.05, 4.69) is 17.4 Å². The molecule has 126 valence electrons. The Morgan fingerprint density at radius 3 is 2.48 bits per heavy atom. The Balaban J connectivity index is 1.70. The smallest absolute Gasteiger partial charge is 0.244 e. The Morgan fingerprint density at radius 2 is 1.72 bits per heavy atom. The molecule has 0 radical (unpaired) electrons. The molecule has 3 heteroatoms. The lowest BCUT2D eigenvalue weighted by Gasteiger charge is -2.14. The van der Waals surface area contributed by atoms with Crippen LogP contribution < -0.4 is 10.1 Å². The van der Waals surface area contributed by atoms with Crippen LogP contribution in [0.25, 0.3) is 16.8 Å². The van der Waals surface area contributed by atoms with Gasteiger partial charge in [-0.3, -0.25) is 4.79 Å². The molecule has 0 fully saturated rings. The molecule has 0 heterocycles. The van der Waals surface area contributed by atoms with E-state index in [0.29, 0.717) is 0 Å². The summed E-state index contributed by atoms with van der Waals surface area (Å²) in [6.07, 6.45) is 3.38. The summed E-state index contributed by atoms with van der Waals surface area (Å²) in [4.78, 5) is 12.1. The number of methoxy groups -OCH3 is 1.